The van der Waals surface area contributed by atoms with E-state index in [1.54, 1.807) is 0 Å². The van der Waals surface area contributed by atoms with Gasteiger partial charge in [0.25, 0.3) is 0 Å². The normalized spacial score (nSPS) is 16.5. The van der Waals surface area contributed by atoms with Gasteiger partial charge in [0, 0.05) is 23.0 Å². The zero-order valence-electron chi connectivity index (χ0n) is 19.1. The number of unbranched alkanes of at least 4 members (excludes halogenated alkanes) is 1. The summed E-state index contributed by atoms with van der Waals surface area (Å²) >= 11 is 0. The van der Waals surface area contributed by atoms with Crippen LogP contribution in [-0.2, 0) is 11.2 Å². The minimum Gasteiger partial charge on any atom is -0.478 e. The Bertz CT molecular complexity index is 1320. The van der Waals surface area contributed by atoms with Crippen LogP contribution in [-0.4, -0.2) is 36.3 Å². The van der Waals surface area contributed by atoms with Crippen molar-refractivity contribution in [2.24, 2.45) is 0 Å². The van der Waals surface area contributed by atoms with E-state index in [-0.39, 0.29) is 6.04 Å². The third-order valence-corrected chi connectivity index (χ3v) is 6.55. The Kier molecular flexibility index (Phi) is 6.08. The molecule has 0 radical (unpaired) electrons. The molecule has 2 N–H and O–H groups in total. The van der Waals surface area contributed by atoms with Crippen LogP contribution in [0.25, 0.3) is 28.1 Å². The van der Waals surface area contributed by atoms with Gasteiger partial charge >= 0.3 is 5.97 Å². The van der Waals surface area contributed by atoms with E-state index in [2.05, 4.69) is 74.6 Å². The monoisotopic (exact) mass is 453 g/mol. The first-order chi connectivity index (χ1) is 16.7. The Balaban J connectivity index is 1.51. The maximum atomic E-state index is 11.4. The highest BCUT2D eigenvalue weighted by Crippen LogP contribution is 2.40. The maximum Gasteiger partial charge on any atom is 0.328 e. The van der Waals surface area contributed by atoms with Crippen molar-refractivity contribution in [3.05, 3.63) is 83.7 Å². The molecule has 1 atom stereocenters. The topological polar surface area (TPSA) is 96.7 Å². The van der Waals surface area contributed by atoms with Crippen LogP contribution in [0.15, 0.2) is 66.7 Å². The molecule has 0 spiro atoms. The Hall–Kier alpha value is -4.00. The van der Waals surface area contributed by atoms with Crippen molar-refractivity contribution in [3.8, 4) is 22.5 Å². The Morgan fingerprint density at radius 3 is 2.62 bits per heavy atom. The molecule has 0 aliphatic carbocycles. The number of aromatic nitrogens is 5. The number of carbonyl (C=O) groups is 1. The lowest BCUT2D eigenvalue weighted by Crippen LogP contribution is -2.20. The van der Waals surface area contributed by atoms with Crippen LogP contribution in [0.4, 0.5) is 0 Å². The molecule has 1 aliphatic rings. The van der Waals surface area contributed by atoms with E-state index in [1.165, 1.54) is 17.3 Å². The molecule has 7 heteroatoms. The lowest BCUT2D eigenvalue weighted by Gasteiger charge is -2.30. The first-order valence-corrected chi connectivity index (χ1v) is 11.7. The summed E-state index contributed by atoms with van der Waals surface area (Å²) in [4.78, 5) is 11.4. The minimum atomic E-state index is -0.888. The van der Waals surface area contributed by atoms with Crippen LogP contribution in [0.1, 0.15) is 55.6 Å². The molecule has 3 heterocycles. The van der Waals surface area contributed by atoms with Crippen molar-refractivity contribution in [1.82, 2.24) is 25.2 Å². The predicted molar refractivity (Wildman–Crippen MR) is 131 cm³/mol. The van der Waals surface area contributed by atoms with Gasteiger partial charge in [0.1, 0.15) is 0 Å². The van der Waals surface area contributed by atoms with Gasteiger partial charge < -0.3 is 9.67 Å². The average Bonchev–Trinajstić information content (AvgIpc) is 3.54. The van der Waals surface area contributed by atoms with E-state index in [0.717, 1.165) is 60.1 Å². The number of rotatable bonds is 7. The molecule has 0 saturated carbocycles. The SMILES string of the molecule is CCCCc1ccc2n1C(c1ccc(-c3ccccc3-c3nnn[nH]3)cc1)CCC2=CC(=O)O. The van der Waals surface area contributed by atoms with Crippen molar-refractivity contribution < 1.29 is 9.90 Å². The van der Waals surface area contributed by atoms with Gasteiger partial charge in [0.2, 0.25) is 0 Å². The van der Waals surface area contributed by atoms with Crippen molar-refractivity contribution >= 4 is 11.5 Å². The lowest BCUT2D eigenvalue weighted by molar-refractivity contribution is -0.131. The molecule has 0 amide bonds. The van der Waals surface area contributed by atoms with Crippen LogP contribution in [0.2, 0.25) is 0 Å². The number of carboxylic acid groups (broad SMARTS) is 1. The molecule has 5 rings (SSSR count). The van der Waals surface area contributed by atoms with E-state index >= 15 is 0 Å². The number of hydrogen-bond donors (Lipinski definition) is 2. The summed E-state index contributed by atoms with van der Waals surface area (Å²) in [5, 5.41) is 23.7. The third kappa shape index (κ3) is 4.17. The zero-order chi connectivity index (χ0) is 23.5. The zero-order valence-corrected chi connectivity index (χ0v) is 19.1. The van der Waals surface area contributed by atoms with Crippen LogP contribution in [0.3, 0.4) is 0 Å². The summed E-state index contributed by atoms with van der Waals surface area (Å²) in [6.45, 7) is 2.19. The standard InChI is InChI=1S/C27H27N5O2/c1-2-3-6-21-14-16-25-20(17-26(33)34)13-15-24(32(21)25)19-11-9-18(10-12-19)22-7-4-5-8-23(22)27-28-30-31-29-27/h4-5,7-12,14,16-17,24H,2-3,6,13,15H2,1H3,(H,33,34)(H,28,29,30,31). The van der Waals surface area contributed by atoms with Crippen LogP contribution in [0.5, 0.6) is 0 Å². The summed E-state index contributed by atoms with van der Waals surface area (Å²) in [7, 11) is 0. The number of fused-ring (bicyclic) bond motifs is 1. The average molecular weight is 454 g/mol. The number of nitrogens with zero attached hydrogens (tertiary/aromatic N) is 4. The molecule has 34 heavy (non-hydrogen) atoms. The number of nitrogens with one attached hydrogen (secondary N) is 1. The first-order valence-electron chi connectivity index (χ1n) is 11.7. The Morgan fingerprint density at radius 1 is 1.12 bits per heavy atom. The van der Waals surface area contributed by atoms with Gasteiger partial charge in [-0.25, -0.2) is 9.89 Å². The summed E-state index contributed by atoms with van der Waals surface area (Å²) < 4.78 is 2.36. The molecule has 4 aromatic rings. The second-order valence-electron chi connectivity index (χ2n) is 8.66. The highest BCUT2D eigenvalue weighted by atomic mass is 16.4. The number of benzene rings is 2. The molecule has 0 fully saturated rings. The molecular weight excluding hydrogens is 426 g/mol. The van der Waals surface area contributed by atoms with Crippen molar-refractivity contribution in [3.63, 3.8) is 0 Å². The molecule has 7 nitrogen and oxygen atoms in total. The van der Waals surface area contributed by atoms with Crippen molar-refractivity contribution in [2.75, 3.05) is 0 Å². The largest absolute Gasteiger partial charge is 0.478 e. The van der Waals surface area contributed by atoms with E-state index in [1.807, 2.05) is 18.2 Å². The summed E-state index contributed by atoms with van der Waals surface area (Å²) in [5.41, 5.74) is 7.54. The second kappa shape index (κ2) is 9.47. The quantitative estimate of drug-likeness (QED) is 0.359. The molecular formula is C27H27N5O2. The molecule has 2 aromatic heterocycles. The minimum absolute atomic E-state index is 0.186. The summed E-state index contributed by atoms with van der Waals surface area (Å²) in [6, 6.07) is 21.2. The van der Waals surface area contributed by atoms with Gasteiger partial charge in [-0.05, 0) is 70.5 Å². The van der Waals surface area contributed by atoms with E-state index < -0.39 is 5.97 Å². The number of aromatic amines is 1. The summed E-state index contributed by atoms with van der Waals surface area (Å²) in [5.74, 6) is -0.247. The Morgan fingerprint density at radius 2 is 1.91 bits per heavy atom. The van der Waals surface area contributed by atoms with E-state index in [4.69, 9.17) is 0 Å². The van der Waals surface area contributed by atoms with Crippen LogP contribution in [0, 0.1) is 0 Å². The highest BCUT2D eigenvalue weighted by molar-refractivity contribution is 5.90. The number of aliphatic carboxylic acids is 1. The number of allylic oxidation sites excluding steroid dienone is 1. The van der Waals surface area contributed by atoms with Crippen LogP contribution < -0.4 is 0 Å². The maximum absolute atomic E-state index is 11.4. The first kappa shape index (κ1) is 21.8. The van der Waals surface area contributed by atoms with Crippen molar-refractivity contribution in [1.29, 1.82) is 0 Å². The van der Waals surface area contributed by atoms with E-state index in [9.17, 15) is 9.90 Å². The number of aryl methyl sites for hydroxylation is 1. The summed E-state index contributed by atoms with van der Waals surface area (Å²) in [6.07, 6.45) is 6.21. The van der Waals surface area contributed by atoms with Gasteiger partial charge in [-0.15, -0.1) is 5.10 Å². The molecule has 2 aromatic carbocycles. The van der Waals surface area contributed by atoms with Crippen molar-refractivity contribution in [2.45, 2.75) is 45.1 Å². The number of H-pyrrole nitrogens is 1. The second-order valence-corrected chi connectivity index (χ2v) is 8.66. The third-order valence-electron chi connectivity index (χ3n) is 6.55. The molecule has 1 aliphatic heterocycles. The van der Waals surface area contributed by atoms with Crippen LogP contribution >= 0.6 is 0 Å². The molecule has 0 bridgehead atoms. The number of tetrazole rings is 1. The molecule has 0 saturated heterocycles. The molecule has 172 valence electrons. The van der Waals surface area contributed by atoms with Gasteiger partial charge in [0.05, 0.1) is 6.04 Å². The lowest BCUT2D eigenvalue weighted by atomic mass is 9.91. The smallest absolute Gasteiger partial charge is 0.328 e. The fourth-order valence-corrected chi connectivity index (χ4v) is 4.94. The number of carboxylic acids is 1. The Labute approximate surface area is 198 Å². The highest BCUT2D eigenvalue weighted by Gasteiger charge is 2.27. The van der Waals surface area contributed by atoms with Gasteiger partial charge in [-0.2, -0.15) is 0 Å². The van der Waals surface area contributed by atoms with Gasteiger partial charge in [-0.1, -0.05) is 61.9 Å². The van der Waals surface area contributed by atoms with E-state index in [0.29, 0.717) is 5.82 Å². The van der Waals surface area contributed by atoms with Gasteiger partial charge in [-0.3, -0.25) is 0 Å². The molecule has 1 unspecified atom stereocenters. The fraction of sp³-hybridized carbons (Fsp3) is 0.259. The van der Waals surface area contributed by atoms with Gasteiger partial charge in [0.15, 0.2) is 5.82 Å². The number of hydrogen-bond acceptors (Lipinski definition) is 4. The fourth-order valence-electron chi connectivity index (χ4n) is 4.94. The predicted octanol–water partition coefficient (Wildman–Crippen LogP) is 5.53.